The van der Waals surface area contributed by atoms with Crippen LogP contribution in [-0.2, 0) is 0 Å². The van der Waals surface area contributed by atoms with Crippen molar-refractivity contribution in [2.45, 2.75) is 13.3 Å². The van der Waals surface area contributed by atoms with Gasteiger partial charge < -0.3 is 10.6 Å². The van der Waals surface area contributed by atoms with Crippen molar-refractivity contribution >= 4 is 5.82 Å². The van der Waals surface area contributed by atoms with E-state index in [1.807, 2.05) is 12.3 Å². The molecule has 4 nitrogen and oxygen atoms in total. The summed E-state index contributed by atoms with van der Waals surface area (Å²) < 4.78 is 0. The van der Waals surface area contributed by atoms with E-state index < -0.39 is 0 Å². The number of nitrogens with zero attached hydrogens (tertiary/aromatic N) is 3. The van der Waals surface area contributed by atoms with Gasteiger partial charge in [-0.05, 0) is 31.0 Å². The van der Waals surface area contributed by atoms with Crippen LogP contribution in [0.3, 0.4) is 0 Å². The Balaban J connectivity index is 1.78. The van der Waals surface area contributed by atoms with Crippen LogP contribution in [0.1, 0.15) is 13.3 Å². The van der Waals surface area contributed by atoms with Gasteiger partial charge in [0.05, 0.1) is 0 Å². The van der Waals surface area contributed by atoms with E-state index in [0.717, 1.165) is 45.0 Å². The Morgan fingerprint density at radius 1 is 1.28 bits per heavy atom. The van der Waals surface area contributed by atoms with Gasteiger partial charge in [0.25, 0.3) is 0 Å². The zero-order chi connectivity index (χ0) is 12.8. The average Bonchev–Trinajstić information content (AvgIpc) is 2.41. The predicted molar refractivity (Wildman–Crippen MR) is 75.7 cm³/mol. The van der Waals surface area contributed by atoms with Crippen molar-refractivity contribution in [3.05, 3.63) is 24.4 Å². The van der Waals surface area contributed by atoms with Gasteiger partial charge in [0.15, 0.2) is 0 Å². The summed E-state index contributed by atoms with van der Waals surface area (Å²) in [7, 11) is 0. The third-order valence-electron chi connectivity index (χ3n) is 3.57. The molecule has 0 radical (unpaired) electrons. The molecule has 1 unspecified atom stereocenters. The molecular formula is C14H24N4. The minimum absolute atomic E-state index is 0.705. The van der Waals surface area contributed by atoms with Gasteiger partial charge in [0.2, 0.25) is 0 Å². The summed E-state index contributed by atoms with van der Waals surface area (Å²) in [5.74, 6) is 1.81. The highest BCUT2D eigenvalue weighted by Gasteiger charge is 2.18. The van der Waals surface area contributed by atoms with Gasteiger partial charge in [-0.3, -0.25) is 4.90 Å². The Kier molecular flexibility index (Phi) is 4.96. The molecule has 1 aliphatic rings. The van der Waals surface area contributed by atoms with Gasteiger partial charge in [0, 0.05) is 38.9 Å². The molecule has 18 heavy (non-hydrogen) atoms. The van der Waals surface area contributed by atoms with E-state index in [0.29, 0.717) is 5.92 Å². The molecular weight excluding hydrogens is 224 g/mol. The fourth-order valence-corrected chi connectivity index (χ4v) is 2.52. The first-order valence-corrected chi connectivity index (χ1v) is 6.88. The predicted octanol–water partition coefficient (Wildman–Crippen LogP) is 1.19. The molecule has 0 saturated carbocycles. The molecule has 0 spiro atoms. The summed E-state index contributed by atoms with van der Waals surface area (Å²) in [5.41, 5.74) is 5.60. The fourth-order valence-electron chi connectivity index (χ4n) is 2.52. The van der Waals surface area contributed by atoms with E-state index in [-0.39, 0.29) is 0 Å². The molecule has 2 rings (SSSR count). The first-order valence-electron chi connectivity index (χ1n) is 6.88. The first kappa shape index (κ1) is 13.3. The van der Waals surface area contributed by atoms with Gasteiger partial charge in [-0.25, -0.2) is 4.98 Å². The molecule has 1 saturated heterocycles. The third kappa shape index (κ3) is 3.68. The normalized spacial score (nSPS) is 18.9. The maximum atomic E-state index is 5.60. The molecule has 1 atom stereocenters. The fraction of sp³-hybridized carbons (Fsp3) is 0.643. The van der Waals surface area contributed by atoms with E-state index in [9.17, 15) is 0 Å². The molecule has 4 heteroatoms. The van der Waals surface area contributed by atoms with Crippen molar-refractivity contribution in [3.63, 3.8) is 0 Å². The molecule has 1 aromatic heterocycles. The van der Waals surface area contributed by atoms with Crippen LogP contribution < -0.4 is 10.6 Å². The van der Waals surface area contributed by atoms with Crippen molar-refractivity contribution in [3.8, 4) is 0 Å². The van der Waals surface area contributed by atoms with Crippen molar-refractivity contribution in [1.82, 2.24) is 9.88 Å². The highest BCUT2D eigenvalue weighted by molar-refractivity contribution is 5.38. The van der Waals surface area contributed by atoms with Gasteiger partial charge >= 0.3 is 0 Å². The van der Waals surface area contributed by atoms with Crippen molar-refractivity contribution in [1.29, 1.82) is 0 Å². The van der Waals surface area contributed by atoms with Crippen LogP contribution in [0.25, 0.3) is 0 Å². The van der Waals surface area contributed by atoms with Crippen LogP contribution in [0.4, 0.5) is 5.82 Å². The number of anilines is 1. The molecule has 0 aliphatic carbocycles. The van der Waals surface area contributed by atoms with Gasteiger partial charge in [-0.15, -0.1) is 0 Å². The Hall–Kier alpha value is -1.13. The van der Waals surface area contributed by atoms with Crippen molar-refractivity contribution in [2.24, 2.45) is 11.7 Å². The second kappa shape index (κ2) is 6.71. The van der Waals surface area contributed by atoms with E-state index in [2.05, 4.69) is 33.8 Å². The minimum atomic E-state index is 0.705. The van der Waals surface area contributed by atoms with Crippen LogP contribution >= 0.6 is 0 Å². The standard InChI is InChI=1S/C14H24N4/c1-13(5-6-15)12-17-8-10-18(11-9-17)14-4-2-3-7-16-14/h2-4,7,13H,5-6,8-12,15H2,1H3. The Bertz CT molecular complexity index is 333. The lowest BCUT2D eigenvalue weighted by Crippen LogP contribution is -2.48. The zero-order valence-electron chi connectivity index (χ0n) is 11.3. The monoisotopic (exact) mass is 248 g/mol. The summed E-state index contributed by atoms with van der Waals surface area (Å²) in [5, 5.41) is 0. The quantitative estimate of drug-likeness (QED) is 0.850. The lowest BCUT2D eigenvalue weighted by molar-refractivity contribution is 0.221. The first-order chi connectivity index (χ1) is 8.79. The van der Waals surface area contributed by atoms with E-state index >= 15 is 0 Å². The number of nitrogens with two attached hydrogens (primary N) is 1. The highest BCUT2D eigenvalue weighted by atomic mass is 15.3. The topological polar surface area (TPSA) is 45.4 Å². The Morgan fingerprint density at radius 3 is 2.67 bits per heavy atom. The van der Waals surface area contributed by atoms with Crippen molar-refractivity contribution < 1.29 is 0 Å². The Morgan fingerprint density at radius 2 is 2.06 bits per heavy atom. The zero-order valence-corrected chi connectivity index (χ0v) is 11.3. The highest BCUT2D eigenvalue weighted by Crippen LogP contribution is 2.13. The van der Waals surface area contributed by atoms with Gasteiger partial charge in [-0.1, -0.05) is 13.0 Å². The lowest BCUT2D eigenvalue weighted by Gasteiger charge is -2.36. The number of aromatic nitrogens is 1. The van der Waals surface area contributed by atoms with E-state index in [1.165, 1.54) is 6.54 Å². The number of hydrogen-bond acceptors (Lipinski definition) is 4. The maximum absolute atomic E-state index is 5.60. The van der Waals surface area contributed by atoms with E-state index in [4.69, 9.17) is 5.73 Å². The molecule has 0 bridgehead atoms. The summed E-state index contributed by atoms with van der Waals surface area (Å²) in [6.07, 6.45) is 2.99. The molecule has 1 aromatic rings. The molecule has 2 heterocycles. The van der Waals surface area contributed by atoms with Crippen LogP contribution in [0.5, 0.6) is 0 Å². The summed E-state index contributed by atoms with van der Waals surface area (Å²) in [6.45, 7) is 8.68. The number of pyridine rings is 1. The molecule has 1 aliphatic heterocycles. The van der Waals surface area contributed by atoms with Crippen LogP contribution in [0, 0.1) is 5.92 Å². The SMILES string of the molecule is CC(CCN)CN1CCN(c2ccccn2)CC1. The van der Waals surface area contributed by atoms with Crippen molar-refractivity contribution in [2.75, 3.05) is 44.2 Å². The summed E-state index contributed by atoms with van der Waals surface area (Å²) >= 11 is 0. The van der Waals surface area contributed by atoms with Crippen LogP contribution in [0.15, 0.2) is 24.4 Å². The largest absolute Gasteiger partial charge is 0.354 e. The molecule has 0 aromatic carbocycles. The third-order valence-corrected chi connectivity index (χ3v) is 3.57. The molecule has 1 fully saturated rings. The molecule has 2 N–H and O–H groups in total. The molecule has 0 amide bonds. The number of hydrogen-bond donors (Lipinski definition) is 1. The van der Waals surface area contributed by atoms with E-state index in [1.54, 1.807) is 0 Å². The maximum Gasteiger partial charge on any atom is 0.128 e. The Labute approximate surface area is 110 Å². The smallest absolute Gasteiger partial charge is 0.128 e. The van der Waals surface area contributed by atoms with Crippen LogP contribution in [0.2, 0.25) is 0 Å². The lowest BCUT2D eigenvalue weighted by atomic mass is 10.1. The second-order valence-corrected chi connectivity index (χ2v) is 5.16. The second-order valence-electron chi connectivity index (χ2n) is 5.16. The number of piperazine rings is 1. The number of rotatable bonds is 5. The summed E-state index contributed by atoms with van der Waals surface area (Å²) in [6, 6.07) is 6.11. The molecule has 100 valence electrons. The minimum Gasteiger partial charge on any atom is -0.354 e. The van der Waals surface area contributed by atoms with Gasteiger partial charge in [0.1, 0.15) is 5.82 Å². The average molecular weight is 248 g/mol. The van der Waals surface area contributed by atoms with Gasteiger partial charge in [-0.2, -0.15) is 0 Å². The summed E-state index contributed by atoms with van der Waals surface area (Å²) in [4.78, 5) is 9.32. The van der Waals surface area contributed by atoms with Crippen LogP contribution in [-0.4, -0.2) is 49.2 Å².